The Bertz CT molecular complexity index is 846. The summed E-state index contributed by atoms with van der Waals surface area (Å²) in [4.78, 5) is 15.3. The third-order valence-corrected chi connectivity index (χ3v) is 4.93. The number of hydrogen-bond donors (Lipinski definition) is 1. The minimum absolute atomic E-state index is 0.137. The zero-order valence-electron chi connectivity index (χ0n) is 13.4. The molecule has 0 aliphatic rings. The predicted molar refractivity (Wildman–Crippen MR) is 95.3 cm³/mol. The number of carbonyl (C=O) groups is 1. The summed E-state index contributed by atoms with van der Waals surface area (Å²) in [6.07, 6.45) is 1.89. The average molecular weight is 364 g/mol. The second kappa shape index (κ2) is 7.19. The fourth-order valence-electron chi connectivity index (χ4n) is 2.45. The van der Waals surface area contributed by atoms with Crippen molar-refractivity contribution in [3.05, 3.63) is 51.6 Å². The second-order valence-electron chi connectivity index (χ2n) is 5.38. The molecule has 0 saturated carbocycles. The second-order valence-corrected chi connectivity index (χ2v) is 7.18. The molecule has 0 aliphatic carbocycles. The van der Waals surface area contributed by atoms with Gasteiger partial charge < -0.3 is 10.2 Å². The number of urea groups is 1. The van der Waals surface area contributed by atoms with Crippen molar-refractivity contribution in [2.45, 2.75) is 26.4 Å². The van der Waals surface area contributed by atoms with Gasteiger partial charge in [-0.1, -0.05) is 17.7 Å². The van der Waals surface area contributed by atoms with Crippen LogP contribution < -0.4 is 5.32 Å². The van der Waals surface area contributed by atoms with Crippen LogP contribution in [-0.2, 0) is 6.54 Å². The molecule has 8 heteroatoms. The van der Waals surface area contributed by atoms with E-state index in [2.05, 4.69) is 15.5 Å². The van der Waals surface area contributed by atoms with Gasteiger partial charge in [-0.3, -0.25) is 4.40 Å². The summed E-state index contributed by atoms with van der Waals surface area (Å²) in [5.74, 6) is 0.703. The lowest BCUT2D eigenvalue weighted by atomic mass is 10.3. The minimum atomic E-state index is -0.254. The van der Waals surface area contributed by atoms with Crippen molar-refractivity contribution in [1.29, 1.82) is 0 Å². The highest BCUT2D eigenvalue weighted by Crippen LogP contribution is 2.23. The van der Waals surface area contributed by atoms with Crippen molar-refractivity contribution < 1.29 is 4.79 Å². The van der Waals surface area contributed by atoms with Crippen LogP contribution in [0.1, 0.15) is 30.6 Å². The van der Waals surface area contributed by atoms with Gasteiger partial charge in [0.15, 0.2) is 11.5 Å². The van der Waals surface area contributed by atoms with Gasteiger partial charge in [0, 0.05) is 17.6 Å². The fourth-order valence-corrected chi connectivity index (χ4v) is 3.55. The molecule has 3 aromatic rings. The van der Waals surface area contributed by atoms with Crippen LogP contribution in [0.3, 0.4) is 0 Å². The van der Waals surface area contributed by atoms with E-state index >= 15 is 0 Å². The van der Waals surface area contributed by atoms with Gasteiger partial charge >= 0.3 is 6.03 Å². The van der Waals surface area contributed by atoms with E-state index in [9.17, 15) is 4.79 Å². The molecule has 6 nitrogen and oxygen atoms in total. The molecule has 3 aromatic heterocycles. The van der Waals surface area contributed by atoms with Crippen LogP contribution in [0.2, 0.25) is 4.34 Å². The lowest BCUT2D eigenvalue weighted by Crippen LogP contribution is -2.40. The maximum absolute atomic E-state index is 12.6. The van der Waals surface area contributed by atoms with Gasteiger partial charge in [0.05, 0.1) is 16.9 Å². The number of nitrogens with one attached hydrogen (secondary N) is 1. The number of thiophene rings is 1. The Balaban J connectivity index is 1.70. The first-order valence-corrected chi connectivity index (χ1v) is 8.87. The summed E-state index contributed by atoms with van der Waals surface area (Å²) < 4.78 is 2.60. The molecule has 24 heavy (non-hydrogen) atoms. The number of rotatable bonds is 5. The number of fused-ring (bicyclic) bond motifs is 1. The van der Waals surface area contributed by atoms with Crippen LogP contribution in [0.25, 0.3) is 5.65 Å². The van der Waals surface area contributed by atoms with Crippen LogP contribution in [0.4, 0.5) is 4.79 Å². The highest BCUT2D eigenvalue weighted by molar-refractivity contribution is 7.16. The molecular weight excluding hydrogens is 346 g/mol. The Kier molecular flexibility index (Phi) is 5.01. The van der Waals surface area contributed by atoms with E-state index in [1.807, 2.05) is 54.8 Å². The van der Waals surface area contributed by atoms with Gasteiger partial charge in [-0.2, -0.15) is 0 Å². The molecule has 1 unspecified atom stereocenters. The fraction of sp³-hybridized carbons (Fsp3) is 0.312. The summed E-state index contributed by atoms with van der Waals surface area (Å²) in [5.41, 5.74) is 0.758. The molecule has 3 heterocycles. The maximum Gasteiger partial charge on any atom is 0.318 e. The largest absolute Gasteiger partial charge is 0.328 e. The molecule has 0 spiro atoms. The summed E-state index contributed by atoms with van der Waals surface area (Å²) in [6.45, 7) is 4.99. The topological polar surface area (TPSA) is 62.5 Å². The van der Waals surface area contributed by atoms with Crippen molar-refractivity contribution >= 4 is 34.6 Å². The van der Waals surface area contributed by atoms with Crippen LogP contribution in [0.5, 0.6) is 0 Å². The standard InChI is InChI=1S/C16H18ClN5OS/c1-3-21(10-12-7-8-13(17)24-12)16(23)18-11(2)15-20-19-14-6-4-5-9-22(14)15/h4-9,11H,3,10H2,1-2H3,(H,18,23). The highest BCUT2D eigenvalue weighted by atomic mass is 35.5. The van der Waals surface area contributed by atoms with Crippen molar-refractivity contribution in [2.24, 2.45) is 0 Å². The first-order chi connectivity index (χ1) is 11.6. The number of halogens is 1. The van der Waals surface area contributed by atoms with Gasteiger partial charge in [-0.05, 0) is 38.1 Å². The molecule has 0 aliphatic heterocycles. The predicted octanol–water partition coefficient (Wildman–Crippen LogP) is 3.74. The zero-order chi connectivity index (χ0) is 17.1. The van der Waals surface area contributed by atoms with Crippen molar-refractivity contribution in [3.8, 4) is 0 Å². The van der Waals surface area contributed by atoms with Gasteiger partial charge in [0.25, 0.3) is 0 Å². The normalized spacial score (nSPS) is 12.3. The zero-order valence-corrected chi connectivity index (χ0v) is 15.0. The molecule has 1 atom stereocenters. The van der Waals surface area contributed by atoms with Crippen LogP contribution in [-0.4, -0.2) is 32.1 Å². The Morgan fingerprint density at radius 3 is 2.92 bits per heavy atom. The monoisotopic (exact) mass is 363 g/mol. The SMILES string of the molecule is CCN(Cc1ccc(Cl)s1)C(=O)NC(C)c1nnc2ccccn12. The van der Waals surface area contributed by atoms with E-state index in [0.717, 1.165) is 14.9 Å². The molecular formula is C16H18ClN5OS. The first kappa shape index (κ1) is 16.7. The summed E-state index contributed by atoms with van der Waals surface area (Å²) in [5, 5.41) is 11.3. The summed E-state index contributed by atoms with van der Waals surface area (Å²) in [7, 11) is 0. The third kappa shape index (κ3) is 3.52. The smallest absolute Gasteiger partial charge is 0.318 e. The third-order valence-electron chi connectivity index (χ3n) is 3.71. The molecule has 0 aromatic carbocycles. The Hall–Kier alpha value is -2.12. The van der Waals surface area contributed by atoms with E-state index in [0.29, 0.717) is 18.9 Å². The molecule has 0 bridgehead atoms. The average Bonchev–Trinajstić information content (AvgIpc) is 3.18. The number of carbonyl (C=O) groups excluding carboxylic acids is 1. The van der Waals surface area contributed by atoms with E-state index in [4.69, 9.17) is 11.6 Å². The molecule has 0 saturated heterocycles. The lowest BCUT2D eigenvalue weighted by Gasteiger charge is -2.23. The Labute approximate surface area is 149 Å². The van der Waals surface area contributed by atoms with Gasteiger partial charge in [0.2, 0.25) is 0 Å². The highest BCUT2D eigenvalue weighted by Gasteiger charge is 2.19. The first-order valence-electron chi connectivity index (χ1n) is 7.67. The van der Waals surface area contributed by atoms with Crippen LogP contribution >= 0.6 is 22.9 Å². The molecule has 3 rings (SSSR count). The van der Waals surface area contributed by atoms with E-state index in [-0.39, 0.29) is 12.1 Å². The van der Waals surface area contributed by atoms with Crippen LogP contribution in [0, 0.1) is 0 Å². The molecule has 0 radical (unpaired) electrons. The number of pyridine rings is 1. The molecule has 0 fully saturated rings. The summed E-state index contributed by atoms with van der Waals surface area (Å²) >= 11 is 7.44. The van der Waals surface area contributed by atoms with Gasteiger partial charge in [-0.25, -0.2) is 4.79 Å². The number of amides is 2. The van der Waals surface area contributed by atoms with E-state index < -0.39 is 0 Å². The van der Waals surface area contributed by atoms with E-state index in [1.54, 1.807) is 4.90 Å². The Morgan fingerprint density at radius 1 is 1.38 bits per heavy atom. The maximum atomic E-state index is 12.6. The number of nitrogens with zero attached hydrogens (tertiary/aromatic N) is 4. The molecule has 2 amide bonds. The van der Waals surface area contributed by atoms with Gasteiger partial charge in [-0.15, -0.1) is 21.5 Å². The van der Waals surface area contributed by atoms with Crippen molar-refractivity contribution in [3.63, 3.8) is 0 Å². The molecule has 1 N–H and O–H groups in total. The Morgan fingerprint density at radius 2 is 2.21 bits per heavy atom. The quantitative estimate of drug-likeness (QED) is 0.751. The lowest BCUT2D eigenvalue weighted by molar-refractivity contribution is 0.194. The van der Waals surface area contributed by atoms with Crippen molar-refractivity contribution in [2.75, 3.05) is 6.54 Å². The summed E-state index contributed by atoms with van der Waals surface area (Å²) in [6, 6.07) is 9.09. The van der Waals surface area contributed by atoms with Crippen molar-refractivity contribution in [1.82, 2.24) is 24.8 Å². The number of hydrogen-bond acceptors (Lipinski definition) is 4. The minimum Gasteiger partial charge on any atom is -0.328 e. The van der Waals surface area contributed by atoms with E-state index in [1.165, 1.54) is 11.3 Å². The van der Waals surface area contributed by atoms with Crippen LogP contribution in [0.15, 0.2) is 36.5 Å². The molecule has 126 valence electrons. The number of aromatic nitrogens is 3. The van der Waals surface area contributed by atoms with Gasteiger partial charge in [0.1, 0.15) is 0 Å².